The highest BCUT2D eigenvalue weighted by Crippen LogP contribution is 2.05. The topological polar surface area (TPSA) is 139 Å². The molecule has 0 fully saturated rings. The fraction of sp³-hybridized carbons (Fsp3) is 1.00. The van der Waals surface area contributed by atoms with Crippen LogP contribution in [0, 0.1) is 0 Å². The van der Waals surface area contributed by atoms with Gasteiger partial charge in [0.15, 0.2) is 0 Å². The molecule has 0 bridgehead atoms. The number of rotatable bonds is 5. The van der Waals surface area contributed by atoms with Gasteiger partial charge in [-0.1, -0.05) is 8.67 Å². The minimum atomic E-state index is -4.24. The largest absolute Gasteiger partial charge is 0.313 e. The molecule has 10 heteroatoms. The van der Waals surface area contributed by atoms with Gasteiger partial charge in [-0.2, -0.15) is 16.8 Å². The van der Waals surface area contributed by atoms with Gasteiger partial charge in [0.05, 0.1) is 0 Å². The maximum absolute atomic E-state index is 10.8. The van der Waals surface area contributed by atoms with E-state index in [9.17, 15) is 16.8 Å². The van der Waals surface area contributed by atoms with Crippen molar-refractivity contribution in [1.82, 2.24) is 0 Å². The quantitative estimate of drug-likeness (QED) is 0.429. The predicted molar refractivity (Wildman–Crippen MR) is 47.3 cm³/mol. The van der Waals surface area contributed by atoms with Crippen molar-refractivity contribution < 1.29 is 25.5 Å². The molecule has 0 aromatic rings. The highest BCUT2D eigenvalue weighted by molar-refractivity contribution is 7.89. The van der Waals surface area contributed by atoms with E-state index in [-0.39, 0.29) is 0 Å². The molecule has 8 nitrogen and oxygen atoms in total. The summed E-state index contributed by atoms with van der Waals surface area (Å²) in [6.07, 6.45) is 0. The fourth-order valence-electron chi connectivity index (χ4n) is 0.201. The molecule has 0 saturated carbocycles. The molecular formula is C4H12N2O6S2. The number of hydrogen-bond acceptors (Lipinski definition) is 8. The molecule has 0 rings (SSSR count). The zero-order chi connectivity index (χ0) is 11.6. The molecule has 0 aliphatic carbocycles. The van der Waals surface area contributed by atoms with Crippen LogP contribution in [0.15, 0.2) is 0 Å². The zero-order valence-corrected chi connectivity index (χ0v) is 9.21. The van der Waals surface area contributed by atoms with Crippen molar-refractivity contribution in [3.8, 4) is 0 Å². The third-order valence-corrected chi connectivity index (χ3v) is 3.55. The van der Waals surface area contributed by atoms with Gasteiger partial charge in [-0.3, -0.25) is 0 Å². The second-order valence-corrected chi connectivity index (χ2v) is 6.26. The molecule has 0 aliphatic rings. The molecule has 2 unspecified atom stereocenters. The first kappa shape index (κ1) is 13.7. The normalized spacial score (nSPS) is 17.7. The molecule has 0 aliphatic heterocycles. The molecule has 0 heterocycles. The average molecular weight is 248 g/mol. The molecule has 0 saturated heterocycles. The smallest absolute Gasteiger partial charge is 0.310 e. The Morgan fingerprint density at radius 2 is 1.07 bits per heavy atom. The Morgan fingerprint density at radius 1 is 0.857 bits per heavy atom. The summed E-state index contributed by atoms with van der Waals surface area (Å²) < 4.78 is 50.7. The van der Waals surface area contributed by atoms with E-state index in [4.69, 9.17) is 11.5 Å². The second-order valence-electron chi connectivity index (χ2n) is 2.53. The average Bonchev–Trinajstić information content (AvgIpc) is 2.01. The second kappa shape index (κ2) is 4.51. The van der Waals surface area contributed by atoms with Crippen LogP contribution in [-0.2, 0) is 28.9 Å². The maximum atomic E-state index is 10.8. The molecule has 0 amide bonds. The molecule has 4 N–H and O–H groups in total. The Morgan fingerprint density at radius 3 is 1.21 bits per heavy atom. The van der Waals surface area contributed by atoms with Crippen LogP contribution in [0.5, 0.6) is 0 Å². The van der Waals surface area contributed by atoms with Crippen LogP contribution in [0.1, 0.15) is 13.8 Å². The SMILES string of the molecule is CC(N)S(=O)(=O)OOS(=O)(=O)C(C)N. The third kappa shape index (κ3) is 3.86. The van der Waals surface area contributed by atoms with Crippen LogP contribution in [0.25, 0.3) is 0 Å². The van der Waals surface area contributed by atoms with Gasteiger partial charge in [0.2, 0.25) is 0 Å². The van der Waals surface area contributed by atoms with Crippen LogP contribution < -0.4 is 11.5 Å². The zero-order valence-electron chi connectivity index (χ0n) is 7.58. The highest BCUT2D eigenvalue weighted by Gasteiger charge is 2.25. The summed E-state index contributed by atoms with van der Waals surface area (Å²) in [5.74, 6) is 0. The van der Waals surface area contributed by atoms with E-state index >= 15 is 0 Å². The van der Waals surface area contributed by atoms with Crippen molar-refractivity contribution in [2.75, 3.05) is 0 Å². The standard InChI is InChI=1S/C4H12N2O6S2/c1-3(5)13(7,8)11-12-14(9,10)4(2)6/h3-4H,5-6H2,1-2H3. The van der Waals surface area contributed by atoms with E-state index in [1.807, 2.05) is 0 Å². The Hall–Kier alpha value is -0.260. The number of nitrogens with two attached hydrogens (primary N) is 2. The number of hydrogen-bond donors (Lipinski definition) is 2. The van der Waals surface area contributed by atoms with Crippen molar-refractivity contribution in [3.05, 3.63) is 0 Å². The van der Waals surface area contributed by atoms with E-state index in [1.165, 1.54) is 0 Å². The van der Waals surface area contributed by atoms with Crippen LogP contribution in [0.4, 0.5) is 0 Å². The van der Waals surface area contributed by atoms with Gasteiger partial charge in [-0.15, -0.1) is 0 Å². The van der Waals surface area contributed by atoms with E-state index < -0.39 is 31.0 Å². The van der Waals surface area contributed by atoms with E-state index in [0.717, 1.165) is 13.8 Å². The van der Waals surface area contributed by atoms with Gasteiger partial charge in [-0.25, -0.2) is 0 Å². The molecule has 0 spiro atoms. The maximum Gasteiger partial charge on any atom is 0.310 e. The first-order valence-electron chi connectivity index (χ1n) is 3.46. The van der Waals surface area contributed by atoms with Gasteiger partial charge in [0, 0.05) is 0 Å². The first-order valence-corrected chi connectivity index (χ1v) is 6.40. The molecule has 2 atom stereocenters. The lowest BCUT2D eigenvalue weighted by Gasteiger charge is -2.08. The molecule has 86 valence electrons. The summed E-state index contributed by atoms with van der Waals surface area (Å²) in [5, 5.41) is -2.79. The van der Waals surface area contributed by atoms with Gasteiger partial charge in [-0.05, 0) is 13.8 Å². The van der Waals surface area contributed by atoms with Gasteiger partial charge in [0.1, 0.15) is 10.7 Å². The Kier molecular flexibility index (Phi) is 4.42. The van der Waals surface area contributed by atoms with Crippen molar-refractivity contribution in [3.63, 3.8) is 0 Å². The van der Waals surface area contributed by atoms with E-state index in [2.05, 4.69) is 8.67 Å². The van der Waals surface area contributed by atoms with Gasteiger partial charge >= 0.3 is 20.2 Å². The summed E-state index contributed by atoms with van der Waals surface area (Å²) in [6.45, 7) is 2.19. The Labute approximate surface area is 82.3 Å². The summed E-state index contributed by atoms with van der Waals surface area (Å²) >= 11 is 0. The fourth-order valence-corrected chi connectivity index (χ4v) is 1.07. The van der Waals surface area contributed by atoms with Crippen LogP contribution in [0.3, 0.4) is 0 Å². The van der Waals surface area contributed by atoms with Crippen molar-refractivity contribution in [1.29, 1.82) is 0 Å². The summed E-state index contributed by atoms with van der Waals surface area (Å²) in [6, 6.07) is 0. The van der Waals surface area contributed by atoms with Crippen LogP contribution in [-0.4, -0.2) is 27.6 Å². The molecule has 14 heavy (non-hydrogen) atoms. The van der Waals surface area contributed by atoms with Gasteiger partial charge in [0.25, 0.3) is 0 Å². The monoisotopic (exact) mass is 248 g/mol. The van der Waals surface area contributed by atoms with Crippen molar-refractivity contribution in [2.45, 2.75) is 24.6 Å². The lowest BCUT2D eigenvalue weighted by atomic mass is 10.8. The lowest BCUT2D eigenvalue weighted by molar-refractivity contribution is -0.0871. The molecule has 0 aromatic carbocycles. The first-order chi connectivity index (χ1) is 6.09. The Bertz CT molecular complexity index is 331. The van der Waals surface area contributed by atoms with Crippen molar-refractivity contribution in [2.24, 2.45) is 11.5 Å². The third-order valence-electron chi connectivity index (χ3n) is 1.13. The lowest BCUT2D eigenvalue weighted by Crippen LogP contribution is -2.33. The minimum absolute atomic E-state index is 1.09. The van der Waals surface area contributed by atoms with Crippen LogP contribution in [0.2, 0.25) is 0 Å². The van der Waals surface area contributed by atoms with Crippen molar-refractivity contribution >= 4 is 20.2 Å². The minimum Gasteiger partial charge on any atom is -0.313 e. The summed E-state index contributed by atoms with van der Waals surface area (Å²) in [4.78, 5) is 0. The van der Waals surface area contributed by atoms with E-state index in [0.29, 0.717) is 0 Å². The van der Waals surface area contributed by atoms with Gasteiger partial charge < -0.3 is 11.5 Å². The summed E-state index contributed by atoms with van der Waals surface area (Å²) in [5.41, 5.74) is 9.91. The molecular weight excluding hydrogens is 236 g/mol. The van der Waals surface area contributed by atoms with E-state index in [1.54, 1.807) is 0 Å². The molecule has 0 radical (unpaired) electrons. The van der Waals surface area contributed by atoms with Crippen LogP contribution >= 0.6 is 0 Å². The Balaban J connectivity index is 4.50. The summed E-state index contributed by atoms with van der Waals surface area (Å²) in [7, 11) is -8.49. The highest BCUT2D eigenvalue weighted by atomic mass is 32.2. The molecule has 0 aromatic heterocycles. The predicted octanol–water partition coefficient (Wildman–Crippen LogP) is -1.80.